The van der Waals surface area contributed by atoms with Gasteiger partial charge in [-0.3, -0.25) is 4.79 Å². The summed E-state index contributed by atoms with van der Waals surface area (Å²) < 4.78 is 0. The van der Waals surface area contributed by atoms with Gasteiger partial charge >= 0.3 is 0 Å². The lowest BCUT2D eigenvalue weighted by Gasteiger charge is -2.35. The minimum Gasteiger partial charge on any atom is -0.352 e. The Balaban J connectivity index is 2.46. The van der Waals surface area contributed by atoms with Crippen LogP contribution in [0.15, 0.2) is 0 Å². The molecule has 0 aromatic rings. The van der Waals surface area contributed by atoms with Gasteiger partial charge in [-0.2, -0.15) is 0 Å². The van der Waals surface area contributed by atoms with Crippen LogP contribution >= 0.6 is 0 Å². The molecule has 18 heavy (non-hydrogen) atoms. The van der Waals surface area contributed by atoms with Gasteiger partial charge in [0.2, 0.25) is 5.91 Å². The lowest BCUT2D eigenvalue weighted by molar-refractivity contribution is -0.126. The molecule has 0 aliphatic carbocycles. The summed E-state index contributed by atoms with van der Waals surface area (Å²) >= 11 is 0. The topological polar surface area (TPSA) is 41.1 Å². The van der Waals surface area contributed by atoms with Gasteiger partial charge in [-0.25, -0.2) is 0 Å². The minimum atomic E-state index is 0.214. The van der Waals surface area contributed by atoms with Crippen LogP contribution in [-0.2, 0) is 4.79 Å². The average molecular weight is 254 g/mol. The molecule has 0 aromatic heterocycles. The van der Waals surface area contributed by atoms with Crippen molar-refractivity contribution in [2.24, 2.45) is 5.92 Å². The van der Waals surface area contributed by atoms with Gasteiger partial charge in [-0.05, 0) is 39.5 Å². The molecule has 1 amide bonds. The van der Waals surface area contributed by atoms with E-state index in [1.54, 1.807) is 0 Å². The zero-order valence-electron chi connectivity index (χ0n) is 12.5. The number of piperidine rings is 1. The molecule has 0 saturated carbocycles. The smallest absolute Gasteiger partial charge is 0.223 e. The fraction of sp³-hybridized carbons (Fsp3) is 0.933. The fourth-order valence-electron chi connectivity index (χ4n) is 2.93. The monoisotopic (exact) mass is 254 g/mol. The second-order valence-corrected chi connectivity index (χ2v) is 5.82. The third-order valence-electron chi connectivity index (χ3n) is 4.03. The van der Waals surface area contributed by atoms with Crippen LogP contribution in [0.2, 0.25) is 0 Å². The number of hydrogen-bond donors (Lipinski definition) is 2. The molecule has 0 radical (unpaired) electrons. The lowest BCUT2D eigenvalue weighted by atomic mass is 9.93. The van der Waals surface area contributed by atoms with Gasteiger partial charge in [0.05, 0.1) is 0 Å². The normalized spacial score (nSPS) is 28.4. The van der Waals surface area contributed by atoms with Gasteiger partial charge in [0, 0.05) is 24.0 Å². The molecule has 1 fully saturated rings. The Kier molecular flexibility index (Phi) is 6.69. The van der Waals surface area contributed by atoms with Crippen LogP contribution in [-0.4, -0.2) is 24.0 Å². The highest BCUT2D eigenvalue weighted by Gasteiger charge is 2.27. The third kappa shape index (κ3) is 4.60. The summed E-state index contributed by atoms with van der Waals surface area (Å²) in [5, 5.41) is 6.78. The molecule has 1 saturated heterocycles. The first-order valence-electron chi connectivity index (χ1n) is 7.64. The van der Waals surface area contributed by atoms with Gasteiger partial charge in [0.1, 0.15) is 0 Å². The van der Waals surface area contributed by atoms with Crippen molar-refractivity contribution in [1.82, 2.24) is 10.6 Å². The fourth-order valence-corrected chi connectivity index (χ4v) is 2.93. The molecular weight excluding hydrogens is 224 g/mol. The molecule has 0 bridgehead atoms. The Morgan fingerprint density at radius 1 is 1.22 bits per heavy atom. The molecule has 1 heterocycles. The van der Waals surface area contributed by atoms with Crippen molar-refractivity contribution < 1.29 is 4.79 Å². The molecule has 2 N–H and O–H groups in total. The van der Waals surface area contributed by atoms with Crippen molar-refractivity contribution in [3.05, 3.63) is 0 Å². The average Bonchev–Trinajstić information content (AvgIpc) is 2.32. The Bertz CT molecular complexity index is 249. The maximum atomic E-state index is 12.3. The summed E-state index contributed by atoms with van der Waals surface area (Å²) in [6, 6.07) is 1.28. The van der Waals surface area contributed by atoms with Crippen molar-refractivity contribution >= 4 is 5.91 Å². The number of carbonyl (C=O) groups is 1. The van der Waals surface area contributed by atoms with Crippen LogP contribution < -0.4 is 10.6 Å². The molecular formula is C15H30N2O. The van der Waals surface area contributed by atoms with E-state index in [1.165, 1.54) is 0 Å². The lowest BCUT2D eigenvalue weighted by Crippen LogP contribution is -2.55. The molecule has 1 rings (SSSR count). The maximum absolute atomic E-state index is 12.3. The molecule has 1 aliphatic rings. The largest absolute Gasteiger partial charge is 0.352 e. The van der Waals surface area contributed by atoms with Gasteiger partial charge in [-0.1, -0.05) is 26.7 Å². The van der Waals surface area contributed by atoms with E-state index in [-0.39, 0.29) is 11.8 Å². The zero-order chi connectivity index (χ0) is 13.5. The van der Waals surface area contributed by atoms with E-state index in [1.807, 2.05) is 0 Å². The van der Waals surface area contributed by atoms with E-state index in [9.17, 15) is 4.79 Å². The summed E-state index contributed by atoms with van der Waals surface area (Å²) in [4.78, 5) is 12.3. The number of carbonyl (C=O) groups excluding carboxylic acids is 1. The molecule has 106 valence electrons. The Morgan fingerprint density at radius 2 is 1.83 bits per heavy atom. The van der Waals surface area contributed by atoms with Crippen LogP contribution in [0.25, 0.3) is 0 Å². The van der Waals surface area contributed by atoms with E-state index in [0.717, 1.165) is 38.5 Å². The van der Waals surface area contributed by atoms with Gasteiger partial charge in [-0.15, -0.1) is 0 Å². The number of rotatable bonds is 6. The Hall–Kier alpha value is -0.570. The van der Waals surface area contributed by atoms with Crippen LogP contribution in [0.4, 0.5) is 0 Å². The predicted octanol–water partition coefficient (Wildman–Crippen LogP) is 2.85. The van der Waals surface area contributed by atoms with Gasteiger partial charge in [0.15, 0.2) is 0 Å². The third-order valence-corrected chi connectivity index (χ3v) is 4.03. The molecule has 3 heteroatoms. The van der Waals surface area contributed by atoms with Crippen molar-refractivity contribution in [1.29, 1.82) is 0 Å². The number of hydrogen-bond acceptors (Lipinski definition) is 2. The van der Waals surface area contributed by atoms with Crippen molar-refractivity contribution in [2.75, 3.05) is 0 Å². The summed E-state index contributed by atoms with van der Waals surface area (Å²) in [6.07, 6.45) is 6.48. The zero-order valence-corrected chi connectivity index (χ0v) is 12.5. The highest BCUT2D eigenvalue weighted by atomic mass is 16.1. The molecule has 0 aromatic carbocycles. The van der Waals surface area contributed by atoms with Crippen LogP contribution in [0.3, 0.4) is 0 Å². The van der Waals surface area contributed by atoms with E-state index >= 15 is 0 Å². The highest BCUT2D eigenvalue weighted by molar-refractivity contribution is 5.79. The van der Waals surface area contributed by atoms with Crippen LogP contribution in [0.1, 0.15) is 66.2 Å². The summed E-state index contributed by atoms with van der Waals surface area (Å²) in [5.41, 5.74) is 0. The first kappa shape index (κ1) is 15.5. The maximum Gasteiger partial charge on any atom is 0.223 e. The summed E-state index contributed by atoms with van der Waals surface area (Å²) in [5.74, 6) is 0.485. The summed E-state index contributed by atoms with van der Waals surface area (Å²) in [7, 11) is 0. The predicted molar refractivity (Wildman–Crippen MR) is 76.5 cm³/mol. The first-order valence-corrected chi connectivity index (χ1v) is 7.64. The standard InChI is InChI=1S/C15H30N2O/c1-5-7-13(8-6-2)15(18)17-14-10-9-11(3)16-12(14)4/h11-14,16H,5-10H2,1-4H3,(H,17,18). The molecule has 0 spiro atoms. The van der Waals surface area contributed by atoms with E-state index in [0.29, 0.717) is 18.1 Å². The van der Waals surface area contributed by atoms with Crippen LogP contribution in [0, 0.1) is 5.92 Å². The van der Waals surface area contributed by atoms with E-state index in [2.05, 4.69) is 38.3 Å². The molecule has 1 aliphatic heterocycles. The van der Waals surface area contributed by atoms with Crippen molar-refractivity contribution in [3.63, 3.8) is 0 Å². The highest BCUT2D eigenvalue weighted by Crippen LogP contribution is 2.17. The van der Waals surface area contributed by atoms with Gasteiger partial charge in [0.25, 0.3) is 0 Å². The van der Waals surface area contributed by atoms with Crippen LogP contribution in [0.5, 0.6) is 0 Å². The van der Waals surface area contributed by atoms with E-state index < -0.39 is 0 Å². The molecule has 3 unspecified atom stereocenters. The van der Waals surface area contributed by atoms with Gasteiger partial charge < -0.3 is 10.6 Å². The number of nitrogens with one attached hydrogen (secondary N) is 2. The number of amides is 1. The second-order valence-electron chi connectivity index (χ2n) is 5.82. The van der Waals surface area contributed by atoms with Crippen molar-refractivity contribution in [2.45, 2.75) is 84.3 Å². The second kappa shape index (κ2) is 7.78. The molecule has 3 atom stereocenters. The Labute approximate surface area is 112 Å². The summed E-state index contributed by atoms with van der Waals surface area (Å²) in [6.45, 7) is 8.70. The minimum absolute atomic E-state index is 0.214. The van der Waals surface area contributed by atoms with Crippen molar-refractivity contribution in [3.8, 4) is 0 Å². The Morgan fingerprint density at radius 3 is 2.33 bits per heavy atom. The quantitative estimate of drug-likeness (QED) is 0.765. The molecule has 3 nitrogen and oxygen atoms in total. The SMILES string of the molecule is CCCC(CCC)C(=O)NC1CCC(C)NC1C. The first-order chi connectivity index (χ1) is 8.58. The van der Waals surface area contributed by atoms with E-state index in [4.69, 9.17) is 0 Å².